The van der Waals surface area contributed by atoms with Gasteiger partial charge in [-0.05, 0) is 38.5 Å². The first-order valence-corrected chi connectivity index (χ1v) is 10.5. The first-order valence-electron chi connectivity index (χ1n) is 9.06. The fourth-order valence-electron chi connectivity index (χ4n) is 3.39. The van der Waals surface area contributed by atoms with Crippen molar-refractivity contribution in [2.45, 2.75) is 30.8 Å². The quantitative estimate of drug-likeness (QED) is 0.788. The van der Waals surface area contributed by atoms with Gasteiger partial charge in [0, 0.05) is 19.0 Å². The van der Waals surface area contributed by atoms with Crippen LogP contribution in [0.5, 0.6) is 0 Å². The molecule has 2 atom stereocenters. The number of allylic oxidation sites excluding steroid dienone is 6. The highest BCUT2D eigenvalue weighted by atomic mass is 32.2. The van der Waals surface area contributed by atoms with E-state index in [1.807, 2.05) is 31.2 Å². The Morgan fingerprint density at radius 3 is 2.48 bits per heavy atom. The summed E-state index contributed by atoms with van der Waals surface area (Å²) in [7, 11) is -3.70. The molecular formula is C21H25NO4S. The molecule has 27 heavy (non-hydrogen) atoms. The highest BCUT2D eigenvalue weighted by Gasteiger charge is 2.44. The van der Waals surface area contributed by atoms with E-state index in [1.165, 1.54) is 10.4 Å². The molecule has 0 radical (unpaired) electrons. The molecule has 1 heterocycles. The summed E-state index contributed by atoms with van der Waals surface area (Å²) >= 11 is 0. The fraction of sp³-hybridized carbons (Fsp3) is 0.381. The van der Waals surface area contributed by atoms with Gasteiger partial charge >= 0.3 is 0 Å². The number of hydrogen-bond acceptors (Lipinski definition) is 4. The van der Waals surface area contributed by atoms with Crippen molar-refractivity contribution in [2.24, 2.45) is 11.8 Å². The van der Waals surface area contributed by atoms with Crippen LogP contribution in [0.25, 0.3) is 0 Å². The Kier molecular flexibility index (Phi) is 5.51. The van der Waals surface area contributed by atoms with Gasteiger partial charge in [-0.15, -0.1) is 0 Å². The van der Waals surface area contributed by atoms with Crippen molar-refractivity contribution in [3.63, 3.8) is 0 Å². The monoisotopic (exact) mass is 387 g/mol. The maximum absolute atomic E-state index is 12.9. The number of benzene rings is 1. The molecule has 5 nitrogen and oxygen atoms in total. The second kappa shape index (κ2) is 7.54. The first kappa shape index (κ1) is 19.7. The van der Waals surface area contributed by atoms with E-state index in [1.54, 1.807) is 37.3 Å². The van der Waals surface area contributed by atoms with E-state index in [9.17, 15) is 18.3 Å². The predicted molar refractivity (Wildman–Crippen MR) is 105 cm³/mol. The summed E-state index contributed by atoms with van der Waals surface area (Å²) in [6.07, 6.45) is 11.2. The lowest BCUT2D eigenvalue weighted by molar-refractivity contribution is -0.130. The van der Waals surface area contributed by atoms with E-state index in [2.05, 4.69) is 0 Å². The maximum Gasteiger partial charge on any atom is 0.243 e. The highest BCUT2D eigenvalue weighted by Crippen LogP contribution is 2.32. The third-order valence-electron chi connectivity index (χ3n) is 5.27. The Labute approximate surface area is 160 Å². The summed E-state index contributed by atoms with van der Waals surface area (Å²) in [6.45, 7) is 3.66. The zero-order chi connectivity index (χ0) is 19.7. The number of piperidine rings is 1. The number of carbonyl (C=O) groups is 1. The van der Waals surface area contributed by atoms with Crippen LogP contribution in [-0.4, -0.2) is 42.3 Å². The van der Waals surface area contributed by atoms with Crippen molar-refractivity contribution in [2.75, 3.05) is 13.1 Å². The van der Waals surface area contributed by atoms with E-state index in [0.29, 0.717) is 0 Å². The first-order chi connectivity index (χ1) is 12.7. The Bertz CT molecular complexity index is 883. The largest absolute Gasteiger partial charge is 0.389 e. The van der Waals surface area contributed by atoms with E-state index in [0.717, 1.165) is 5.56 Å². The van der Waals surface area contributed by atoms with Crippen molar-refractivity contribution < 1.29 is 18.3 Å². The minimum Gasteiger partial charge on any atom is -0.389 e. The Morgan fingerprint density at radius 1 is 1.22 bits per heavy atom. The van der Waals surface area contributed by atoms with E-state index >= 15 is 0 Å². The molecule has 2 aliphatic rings. The summed E-state index contributed by atoms with van der Waals surface area (Å²) in [4.78, 5) is 12.9. The van der Waals surface area contributed by atoms with Gasteiger partial charge in [0.05, 0.1) is 16.4 Å². The van der Waals surface area contributed by atoms with Crippen molar-refractivity contribution in [1.29, 1.82) is 0 Å². The number of hydrogen-bond donors (Lipinski definition) is 1. The Hall–Kier alpha value is -2.02. The van der Waals surface area contributed by atoms with E-state index in [-0.39, 0.29) is 36.1 Å². The molecule has 1 saturated heterocycles. The average molecular weight is 388 g/mol. The van der Waals surface area contributed by atoms with Gasteiger partial charge in [0.25, 0.3) is 0 Å². The van der Waals surface area contributed by atoms with Crippen LogP contribution in [0.2, 0.25) is 0 Å². The van der Waals surface area contributed by atoms with Gasteiger partial charge in [-0.25, -0.2) is 8.42 Å². The van der Waals surface area contributed by atoms with Crippen LogP contribution >= 0.6 is 0 Å². The Morgan fingerprint density at radius 2 is 1.85 bits per heavy atom. The summed E-state index contributed by atoms with van der Waals surface area (Å²) in [5.74, 6) is -0.982. The summed E-state index contributed by atoms with van der Waals surface area (Å²) in [5.41, 5.74) is -0.258. The van der Waals surface area contributed by atoms with Crippen LogP contribution in [-0.2, 0) is 14.8 Å². The second-order valence-electron chi connectivity index (χ2n) is 7.44. The molecule has 6 heteroatoms. The lowest BCUT2D eigenvalue weighted by atomic mass is 9.80. The standard InChI is InChI=1S/C21H25NO4S/c1-16-7-10-18(11-8-16)27(25,26)22-14-13-21(2,24)19(15-22)20(23)12-9-17-5-3-4-6-17/h3-12,17,19,24H,13-15H2,1-2H3/b12-9+/t19-,21-/m1/s1. The van der Waals surface area contributed by atoms with Gasteiger partial charge in [-0.3, -0.25) is 4.79 Å². The molecule has 1 aliphatic carbocycles. The summed E-state index contributed by atoms with van der Waals surface area (Å²) < 4.78 is 27.2. The normalized spacial score (nSPS) is 26.9. The van der Waals surface area contributed by atoms with E-state index < -0.39 is 21.5 Å². The second-order valence-corrected chi connectivity index (χ2v) is 9.38. The molecule has 144 valence electrons. The van der Waals surface area contributed by atoms with Crippen molar-refractivity contribution in [3.8, 4) is 0 Å². The van der Waals surface area contributed by atoms with Crippen LogP contribution in [0.3, 0.4) is 0 Å². The number of carbonyl (C=O) groups excluding carboxylic acids is 1. The van der Waals surface area contributed by atoms with Crippen LogP contribution in [0.4, 0.5) is 0 Å². The fourth-order valence-corrected chi connectivity index (χ4v) is 4.85. The van der Waals surface area contributed by atoms with Gasteiger partial charge in [0.2, 0.25) is 10.0 Å². The minimum atomic E-state index is -3.70. The molecule has 0 bridgehead atoms. The SMILES string of the molecule is Cc1ccc(S(=O)(=O)N2CC[C@@](C)(O)[C@@H](C(=O)/C=C/C3C=CC=C3)C2)cc1. The van der Waals surface area contributed by atoms with Crippen LogP contribution in [0, 0.1) is 18.8 Å². The topological polar surface area (TPSA) is 74.7 Å². The molecule has 0 aromatic heterocycles. The van der Waals surface area contributed by atoms with Crippen molar-refractivity contribution in [3.05, 3.63) is 66.3 Å². The molecule has 1 aromatic carbocycles. The van der Waals surface area contributed by atoms with Gasteiger partial charge < -0.3 is 5.11 Å². The van der Waals surface area contributed by atoms with Gasteiger partial charge in [0.15, 0.2) is 5.78 Å². The molecule has 3 rings (SSSR count). The zero-order valence-corrected chi connectivity index (χ0v) is 16.4. The molecule has 1 aromatic rings. The molecule has 1 fully saturated rings. The molecule has 0 unspecified atom stereocenters. The molecule has 0 saturated carbocycles. The molecule has 1 N–H and O–H groups in total. The smallest absolute Gasteiger partial charge is 0.243 e. The van der Waals surface area contributed by atoms with Gasteiger partial charge in [0.1, 0.15) is 0 Å². The maximum atomic E-state index is 12.9. The number of nitrogens with zero attached hydrogens (tertiary/aromatic N) is 1. The number of aryl methyl sites for hydroxylation is 1. The molecule has 0 amide bonds. The number of ketones is 1. The third-order valence-corrected chi connectivity index (χ3v) is 7.15. The van der Waals surface area contributed by atoms with Crippen LogP contribution < -0.4 is 0 Å². The predicted octanol–water partition coefficient (Wildman–Crippen LogP) is 2.62. The average Bonchev–Trinajstić information content (AvgIpc) is 3.13. The van der Waals surface area contributed by atoms with Crippen molar-refractivity contribution >= 4 is 15.8 Å². The lowest BCUT2D eigenvalue weighted by Crippen LogP contribution is -2.54. The highest BCUT2D eigenvalue weighted by molar-refractivity contribution is 7.89. The van der Waals surface area contributed by atoms with Crippen molar-refractivity contribution in [1.82, 2.24) is 4.31 Å². The van der Waals surface area contributed by atoms with Gasteiger partial charge in [-0.1, -0.05) is 48.1 Å². The van der Waals surface area contributed by atoms with Gasteiger partial charge in [-0.2, -0.15) is 4.31 Å². The summed E-state index contributed by atoms with van der Waals surface area (Å²) in [5, 5.41) is 10.7. The van der Waals surface area contributed by atoms with E-state index in [4.69, 9.17) is 0 Å². The molecule has 1 aliphatic heterocycles. The number of sulfonamides is 1. The number of rotatable bonds is 5. The van der Waals surface area contributed by atoms with Crippen LogP contribution in [0.15, 0.2) is 65.6 Å². The number of aliphatic hydroxyl groups is 1. The van der Waals surface area contributed by atoms with Crippen LogP contribution in [0.1, 0.15) is 18.9 Å². The molecular weight excluding hydrogens is 362 g/mol. The molecule has 0 spiro atoms. The minimum absolute atomic E-state index is 0.0251. The zero-order valence-electron chi connectivity index (χ0n) is 15.6. The Balaban J connectivity index is 1.80. The summed E-state index contributed by atoms with van der Waals surface area (Å²) in [6, 6.07) is 6.65. The third kappa shape index (κ3) is 4.29. The lowest BCUT2D eigenvalue weighted by Gasteiger charge is -2.40.